The van der Waals surface area contributed by atoms with Crippen LogP contribution in [-0.2, 0) is 30.3 Å². The van der Waals surface area contributed by atoms with Crippen LogP contribution in [-0.4, -0.2) is 60.6 Å². The predicted molar refractivity (Wildman–Crippen MR) is 114 cm³/mol. The average Bonchev–Trinajstić information content (AvgIpc) is 2.77. The van der Waals surface area contributed by atoms with Crippen molar-refractivity contribution in [3.8, 4) is 0 Å². The van der Waals surface area contributed by atoms with Gasteiger partial charge in [0.15, 0.2) is 0 Å². The molecule has 176 valence electrons. The van der Waals surface area contributed by atoms with Gasteiger partial charge in [0.1, 0.15) is 6.04 Å². The molecule has 1 aromatic carbocycles. The summed E-state index contributed by atoms with van der Waals surface area (Å²) in [5, 5.41) is 2.79. The van der Waals surface area contributed by atoms with Gasteiger partial charge in [0.2, 0.25) is 24.6 Å². The number of likely N-dealkylation sites (N-methyl/N-ethyl adjacent to an activating group) is 1. The number of nitrogens with zero attached hydrogens (tertiary/aromatic N) is 1. The van der Waals surface area contributed by atoms with Gasteiger partial charge in [-0.25, -0.2) is 4.39 Å². The molecule has 9 nitrogen and oxygen atoms in total. The van der Waals surface area contributed by atoms with E-state index in [2.05, 4.69) is 10.1 Å². The summed E-state index contributed by atoms with van der Waals surface area (Å²) in [5.74, 6) is -2.95. The lowest BCUT2D eigenvalue weighted by atomic mass is 9.85. The van der Waals surface area contributed by atoms with Gasteiger partial charge in [-0.15, -0.1) is 0 Å². The fourth-order valence-electron chi connectivity index (χ4n) is 3.97. The van der Waals surface area contributed by atoms with Crippen molar-refractivity contribution in [2.24, 2.45) is 17.4 Å². The molecule has 0 unspecified atom stereocenters. The minimum absolute atomic E-state index is 0.274. The standard InChI is InChI=1S/C22H31FN4O5/c1-27(21(30)17(24)10-14-6-3-2-4-7-14)18(12-19(25)28)20(29)26-16-9-5-8-15(11-16)22(31)32-13-23/h2-4,6-7,15-18H,5,8-13,24H2,1H3,(H2,25,28)(H,26,29)/t15-,16+,17+,18-/m0/s1. The van der Waals surface area contributed by atoms with Crippen molar-refractivity contribution in [2.45, 2.75) is 56.7 Å². The van der Waals surface area contributed by atoms with Gasteiger partial charge in [0.25, 0.3) is 0 Å². The molecular weight excluding hydrogens is 419 g/mol. The number of benzene rings is 1. The topological polar surface area (TPSA) is 145 Å². The number of carbonyl (C=O) groups excluding carboxylic acids is 4. The Balaban J connectivity index is 2.03. The third-order valence-electron chi connectivity index (χ3n) is 5.68. The number of amides is 3. The van der Waals surface area contributed by atoms with Crippen LogP contribution in [0.15, 0.2) is 30.3 Å². The Morgan fingerprint density at radius 3 is 2.53 bits per heavy atom. The van der Waals surface area contributed by atoms with Crippen LogP contribution in [0.3, 0.4) is 0 Å². The number of primary amides is 1. The van der Waals surface area contributed by atoms with E-state index in [-0.39, 0.29) is 18.9 Å². The zero-order valence-corrected chi connectivity index (χ0v) is 18.2. The summed E-state index contributed by atoms with van der Waals surface area (Å²) in [6.07, 6.45) is 2.00. The van der Waals surface area contributed by atoms with Crippen molar-refractivity contribution in [1.29, 1.82) is 0 Å². The number of hydrogen-bond donors (Lipinski definition) is 3. The molecule has 1 saturated carbocycles. The molecule has 0 radical (unpaired) electrons. The summed E-state index contributed by atoms with van der Waals surface area (Å²) in [4.78, 5) is 50.4. The van der Waals surface area contributed by atoms with E-state index in [1.807, 2.05) is 30.3 Å². The van der Waals surface area contributed by atoms with Crippen LogP contribution in [0.1, 0.15) is 37.7 Å². The number of ether oxygens (including phenoxy) is 1. The molecule has 0 saturated heterocycles. The van der Waals surface area contributed by atoms with Crippen LogP contribution >= 0.6 is 0 Å². The third kappa shape index (κ3) is 7.30. The molecule has 1 fully saturated rings. The first-order valence-electron chi connectivity index (χ1n) is 10.6. The zero-order valence-electron chi connectivity index (χ0n) is 18.2. The van der Waals surface area contributed by atoms with Crippen molar-refractivity contribution >= 4 is 23.7 Å². The molecule has 1 aliphatic carbocycles. The lowest BCUT2D eigenvalue weighted by Gasteiger charge is -2.32. The van der Waals surface area contributed by atoms with Crippen LogP contribution in [0.4, 0.5) is 4.39 Å². The second-order valence-corrected chi connectivity index (χ2v) is 8.07. The number of hydrogen-bond acceptors (Lipinski definition) is 6. The Kier molecular flexibility index (Phi) is 9.58. The van der Waals surface area contributed by atoms with Crippen LogP contribution in [0, 0.1) is 5.92 Å². The molecule has 4 atom stereocenters. The molecule has 0 aliphatic heterocycles. The molecule has 0 aromatic heterocycles. The quantitative estimate of drug-likeness (QED) is 0.440. The Morgan fingerprint density at radius 1 is 1.22 bits per heavy atom. The second kappa shape index (κ2) is 12.1. The van der Waals surface area contributed by atoms with E-state index in [0.717, 1.165) is 10.5 Å². The molecule has 2 rings (SSSR count). The van der Waals surface area contributed by atoms with Gasteiger partial charge < -0.3 is 26.4 Å². The summed E-state index contributed by atoms with van der Waals surface area (Å²) in [6, 6.07) is 6.79. The van der Waals surface area contributed by atoms with Gasteiger partial charge in [-0.3, -0.25) is 19.2 Å². The highest BCUT2D eigenvalue weighted by atomic mass is 19.1. The van der Waals surface area contributed by atoms with Crippen molar-refractivity contribution in [3.63, 3.8) is 0 Å². The molecule has 1 aromatic rings. The van der Waals surface area contributed by atoms with Gasteiger partial charge in [-0.2, -0.15) is 0 Å². The summed E-state index contributed by atoms with van der Waals surface area (Å²) >= 11 is 0. The highest BCUT2D eigenvalue weighted by molar-refractivity contribution is 5.93. The molecule has 5 N–H and O–H groups in total. The largest absolute Gasteiger partial charge is 0.433 e. The number of halogens is 1. The van der Waals surface area contributed by atoms with Gasteiger partial charge in [-0.1, -0.05) is 36.8 Å². The number of carbonyl (C=O) groups is 4. The molecule has 32 heavy (non-hydrogen) atoms. The summed E-state index contributed by atoms with van der Waals surface area (Å²) < 4.78 is 16.7. The maximum Gasteiger partial charge on any atom is 0.311 e. The monoisotopic (exact) mass is 450 g/mol. The first-order valence-corrected chi connectivity index (χ1v) is 10.6. The molecule has 1 aliphatic rings. The van der Waals surface area contributed by atoms with Crippen LogP contribution in [0.5, 0.6) is 0 Å². The first kappa shape index (κ1) is 25.3. The maximum absolute atomic E-state index is 12.9. The van der Waals surface area contributed by atoms with E-state index < -0.39 is 48.6 Å². The zero-order chi connectivity index (χ0) is 23.7. The van der Waals surface area contributed by atoms with Crippen LogP contribution < -0.4 is 16.8 Å². The molecule has 0 bridgehead atoms. The Labute approximate surface area is 186 Å². The smallest absolute Gasteiger partial charge is 0.311 e. The van der Waals surface area contributed by atoms with Crippen molar-refractivity contribution in [3.05, 3.63) is 35.9 Å². The molecule has 10 heteroatoms. The van der Waals surface area contributed by atoms with Crippen molar-refractivity contribution in [1.82, 2.24) is 10.2 Å². The van der Waals surface area contributed by atoms with E-state index in [9.17, 15) is 23.6 Å². The highest BCUT2D eigenvalue weighted by Gasteiger charge is 2.34. The number of rotatable bonds is 10. The fourth-order valence-corrected chi connectivity index (χ4v) is 3.97. The number of nitrogens with two attached hydrogens (primary N) is 2. The van der Waals surface area contributed by atoms with Crippen molar-refractivity contribution < 1.29 is 28.3 Å². The SMILES string of the molecule is CN(C(=O)[C@H](N)Cc1ccccc1)[C@@H](CC(N)=O)C(=O)N[C@@H]1CCC[C@H](C(=O)OCF)C1. The summed E-state index contributed by atoms with van der Waals surface area (Å²) in [5.41, 5.74) is 12.2. The average molecular weight is 451 g/mol. The summed E-state index contributed by atoms with van der Waals surface area (Å²) in [6.45, 7) is -1.19. The predicted octanol–water partition coefficient (Wildman–Crippen LogP) is 0.404. The van der Waals surface area contributed by atoms with E-state index >= 15 is 0 Å². The van der Waals surface area contributed by atoms with E-state index in [0.29, 0.717) is 25.7 Å². The van der Waals surface area contributed by atoms with E-state index in [1.165, 1.54) is 7.05 Å². The highest BCUT2D eigenvalue weighted by Crippen LogP contribution is 2.26. The van der Waals surface area contributed by atoms with E-state index in [1.54, 1.807) is 0 Å². The second-order valence-electron chi connectivity index (χ2n) is 8.07. The fraction of sp³-hybridized carbons (Fsp3) is 0.545. The Morgan fingerprint density at radius 2 is 1.91 bits per heavy atom. The lowest BCUT2D eigenvalue weighted by Crippen LogP contribution is -2.55. The van der Waals surface area contributed by atoms with Crippen LogP contribution in [0.25, 0.3) is 0 Å². The number of alkyl halides is 1. The van der Waals surface area contributed by atoms with Crippen molar-refractivity contribution in [2.75, 3.05) is 13.9 Å². The minimum atomic E-state index is -1.19. The first-order chi connectivity index (χ1) is 15.2. The summed E-state index contributed by atoms with van der Waals surface area (Å²) in [7, 11) is 1.41. The van der Waals surface area contributed by atoms with Gasteiger partial charge in [0.05, 0.1) is 18.4 Å². The Bertz CT molecular complexity index is 807. The molecular formula is C22H31FN4O5. The van der Waals surface area contributed by atoms with E-state index in [4.69, 9.17) is 11.5 Å². The molecule has 0 spiro atoms. The molecule has 0 heterocycles. The lowest BCUT2D eigenvalue weighted by molar-refractivity contribution is -0.154. The van der Waals surface area contributed by atoms with Crippen LogP contribution in [0.2, 0.25) is 0 Å². The van der Waals surface area contributed by atoms with Gasteiger partial charge >= 0.3 is 5.97 Å². The number of esters is 1. The van der Waals surface area contributed by atoms with Gasteiger partial charge in [-0.05, 0) is 31.2 Å². The minimum Gasteiger partial charge on any atom is -0.433 e. The normalized spacial score (nSPS) is 20.0. The Hall–Kier alpha value is -3.01. The third-order valence-corrected chi connectivity index (χ3v) is 5.68. The van der Waals surface area contributed by atoms with Gasteiger partial charge in [0, 0.05) is 13.1 Å². The number of nitrogens with one attached hydrogen (secondary N) is 1. The molecule has 3 amide bonds. The maximum atomic E-state index is 12.9.